The van der Waals surface area contributed by atoms with Crippen molar-refractivity contribution in [3.05, 3.63) is 0 Å². The van der Waals surface area contributed by atoms with E-state index in [2.05, 4.69) is 4.74 Å². The van der Waals surface area contributed by atoms with Crippen LogP contribution in [0.3, 0.4) is 0 Å². The summed E-state index contributed by atoms with van der Waals surface area (Å²) in [6.07, 6.45) is -15.9. The molecule has 0 radical (unpaired) electrons. The highest BCUT2D eigenvalue weighted by molar-refractivity contribution is 4.75. The highest BCUT2D eigenvalue weighted by atomic mass is 19.4. The molecule has 0 heterocycles. The summed E-state index contributed by atoms with van der Waals surface area (Å²) in [5, 5.41) is 0. The summed E-state index contributed by atoms with van der Waals surface area (Å²) in [5.41, 5.74) is 0. The smallest absolute Gasteiger partial charge is 0.315 e. The van der Waals surface area contributed by atoms with Gasteiger partial charge in [0.15, 0.2) is 0 Å². The molecule has 0 aromatic carbocycles. The Morgan fingerprint density at radius 1 is 1.00 bits per heavy atom. The van der Waals surface area contributed by atoms with Crippen LogP contribution in [0.1, 0.15) is 13.8 Å². The molecule has 0 spiro atoms. The van der Waals surface area contributed by atoms with Gasteiger partial charge in [0.1, 0.15) is 0 Å². The van der Waals surface area contributed by atoms with E-state index in [-0.39, 0.29) is 0 Å². The van der Waals surface area contributed by atoms with Crippen molar-refractivity contribution in [2.75, 3.05) is 0 Å². The minimum absolute atomic E-state index is 1.08. The maximum atomic E-state index is 12.2. The van der Waals surface area contributed by atoms with Gasteiger partial charge in [0.25, 0.3) is 6.17 Å². The van der Waals surface area contributed by atoms with Crippen LogP contribution in [0.25, 0.3) is 0 Å². The average Bonchev–Trinajstić information content (AvgIpc) is 1.80. The van der Waals surface area contributed by atoms with Gasteiger partial charge in [-0.15, -0.1) is 0 Å². The Balaban J connectivity index is 4.45. The lowest BCUT2D eigenvalue weighted by Crippen LogP contribution is -2.44. The van der Waals surface area contributed by atoms with Crippen molar-refractivity contribution in [3.8, 4) is 0 Å². The highest BCUT2D eigenvalue weighted by Crippen LogP contribution is 2.36. The molecule has 1 unspecified atom stereocenters. The number of hydrogen-bond acceptors (Lipinski definition) is 1. The van der Waals surface area contributed by atoms with Crippen LogP contribution in [0.4, 0.5) is 26.3 Å². The first-order valence-electron chi connectivity index (χ1n) is 3.34. The molecule has 0 saturated carbocycles. The third-order valence-electron chi connectivity index (χ3n) is 0.975. The topological polar surface area (TPSA) is 9.23 Å². The molecule has 80 valence electrons. The quantitative estimate of drug-likeness (QED) is 0.651. The van der Waals surface area contributed by atoms with Crippen LogP contribution < -0.4 is 0 Å². The molecular weight excluding hydrogens is 202 g/mol. The Morgan fingerprint density at radius 2 is 1.38 bits per heavy atom. The van der Waals surface area contributed by atoms with Gasteiger partial charge in [0.2, 0.25) is 0 Å². The van der Waals surface area contributed by atoms with Crippen molar-refractivity contribution >= 4 is 0 Å². The Labute approximate surface area is 70.7 Å². The van der Waals surface area contributed by atoms with E-state index in [4.69, 9.17) is 0 Å². The fraction of sp³-hybridized carbons (Fsp3) is 1.00. The first kappa shape index (κ1) is 12.5. The SMILES string of the molecule is CC(C)OC(F)(F)C(F)C(F)(F)F. The minimum Gasteiger partial charge on any atom is -0.315 e. The molecule has 1 atom stereocenters. The number of rotatable bonds is 3. The summed E-state index contributed by atoms with van der Waals surface area (Å²) >= 11 is 0. The fourth-order valence-corrected chi connectivity index (χ4v) is 0.565. The van der Waals surface area contributed by atoms with Crippen molar-refractivity contribution in [2.24, 2.45) is 0 Å². The molecule has 0 rings (SSSR count). The molecular formula is C6H8F6O. The van der Waals surface area contributed by atoms with E-state index >= 15 is 0 Å². The molecule has 0 aromatic rings. The maximum Gasteiger partial charge on any atom is 0.428 e. The first-order chi connectivity index (χ1) is 5.57. The fourth-order valence-electron chi connectivity index (χ4n) is 0.565. The Bertz CT molecular complexity index is 163. The minimum atomic E-state index is -5.61. The van der Waals surface area contributed by atoms with Crippen LogP contribution in [-0.2, 0) is 4.74 Å². The van der Waals surface area contributed by atoms with E-state index in [0.29, 0.717) is 0 Å². The number of hydrogen-bond donors (Lipinski definition) is 0. The summed E-state index contributed by atoms with van der Waals surface area (Å²) in [7, 11) is 0. The monoisotopic (exact) mass is 210 g/mol. The Kier molecular flexibility index (Phi) is 3.60. The van der Waals surface area contributed by atoms with E-state index in [0.717, 1.165) is 13.8 Å². The van der Waals surface area contributed by atoms with Gasteiger partial charge in [-0.2, -0.15) is 22.0 Å². The molecule has 0 saturated heterocycles. The van der Waals surface area contributed by atoms with Crippen LogP contribution in [0.2, 0.25) is 0 Å². The molecule has 0 aliphatic carbocycles. The second-order valence-corrected chi connectivity index (χ2v) is 2.63. The van der Waals surface area contributed by atoms with Crippen LogP contribution in [0.5, 0.6) is 0 Å². The predicted molar refractivity (Wildman–Crippen MR) is 32.1 cm³/mol. The largest absolute Gasteiger partial charge is 0.428 e. The van der Waals surface area contributed by atoms with Crippen LogP contribution >= 0.6 is 0 Å². The molecule has 0 aromatic heterocycles. The van der Waals surface area contributed by atoms with E-state index in [1.165, 1.54) is 0 Å². The predicted octanol–water partition coefficient (Wildman–Crippen LogP) is 2.90. The first-order valence-corrected chi connectivity index (χ1v) is 3.34. The maximum absolute atomic E-state index is 12.2. The molecule has 0 bridgehead atoms. The van der Waals surface area contributed by atoms with Gasteiger partial charge in [-0.1, -0.05) is 0 Å². The van der Waals surface area contributed by atoms with Crippen molar-refractivity contribution < 1.29 is 31.1 Å². The molecule has 1 nitrogen and oxygen atoms in total. The zero-order chi connectivity index (χ0) is 10.9. The number of ether oxygens (including phenoxy) is 1. The molecule has 13 heavy (non-hydrogen) atoms. The van der Waals surface area contributed by atoms with Gasteiger partial charge in [-0.05, 0) is 13.8 Å². The summed E-state index contributed by atoms with van der Waals surface area (Å²) in [6, 6.07) is 0. The van der Waals surface area contributed by atoms with Gasteiger partial charge in [0.05, 0.1) is 6.10 Å². The molecule has 0 aliphatic heterocycles. The van der Waals surface area contributed by atoms with Crippen molar-refractivity contribution in [1.29, 1.82) is 0 Å². The van der Waals surface area contributed by atoms with E-state index in [1.54, 1.807) is 0 Å². The van der Waals surface area contributed by atoms with E-state index in [1.807, 2.05) is 0 Å². The van der Waals surface area contributed by atoms with Crippen molar-refractivity contribution in [2.45, 2.75) is 38.4 Å². The third-order valence-corrected chi connectivity index (χ3v) is 0.975. The van der Waals surface area contributed by atoms with Crippen molar-refractivity contribution in [3.63, 3.8) is 0 Å². The normalized spacial score (nSPS) is 16.4. The van der Waals surface area contributed by atoms with E-state index in [9.17, 15) is 26.3 Å². The van der Waals surface area contributed by atoms with Gasteiger partial charge < -0.3 is 4.74 Å². The number of alkyl halides is 6. The summed E-state index contributed by atoms with van der Waals surface area (Å²) in [5.74, 6) is 0. The average molecular weight is 210 g/mol. The zero-order valence-corrected chi connectivity index (χ0v) is 6.83. The molecule has 0 aliphatic rings. The second kappa shape index (κ2) is 3.73. The van der Waals surface area contributed by atoms with Crippen molar-refractivity contribution in [1.82, 2.24) is 0 Å². The Morgan fingerprint density at radius 3 is 1.62 bits per heavy atom. The van der Waals surface area contributed by atoms with Gasteiger partial charge in [-0.25, -0.2) is 4.39 Å². The van der Waals surface area contributed by atoms with Gasteiger partial charge in [0, 0.05) is 0 Å². The lowest BCUT2D eigenvalue weighted by atomic mass is 10.3. The van der Waals surface area contributed by atoms with Gasteiger partial charge in [-0.3, -0.25) is 0 Å². The van der Waals surface area contributed by atoms with Crippen LogP contribution in [0.15, 0.2) is 0 Å². The standard InChI is InChI=1S/C6H8F6O/c1-3(2)13-6(11,12)4(7)5(8,9)10/h3-4H,1-2H3. The van der Waals surface area contributed by atoms with Crippen LogP contribution in [-0.4, -0.2) is 24.6 Å². The summed E-state index contributed by atoms with van der Waals surface area (Å²) < 4.78 is 74.4. The van der Waals surface area contributed by atoms with Gasteiger partial charge >= 0.3 is 12.3 Å². The summed E-state index contributed by atoms with van der Waals surface area (Å²) in [6.45, 7) is 2.16. The van der Waals surface area contributed by atoms with E-state index < -0.39 is 24.6 Å². The van der Waals surface area contributed by atoms with Crippen LogP contribution in [0, 0.1) is 0 Å². The number of halogens is 6. The summed E-state index contributed by atoms with van der Waals surface area (Å²) in [4.78, 5) is 0. The molecule has 0 N–H and O–H groups in total. The zero-order valence-electron chi connectivity index (χ0n) is 6.83. The Hall–Kier alpha value is -0.460. The lowest BCUT2D eigenvalue weighted by molar-refractivity contribution is -0.344. The highest BCUT2D eigenvalue weighted by Gasteiger charge is 2.58. The molecule has 7 heteroatoms. The molecule has 0 amide bonds. The lowest BCUT2D eigenvalue weighted by Gasteiger charge is -2.24. The third kappa shape index (κ3) is 3.84. The second-order valence-electron chi connectivity index (χ2n) is 2.63. The molecule has 0 fully saturated rings.